The highest BCUT2D eigenvalue weighted by molar-refractivity contribution is 5.92. The standard InChI is InChI=1S/C15H13NO5/c1-9-4-3-5-14(10(9)2)21-11-6-7-12(15(17)18)13(8-11)16(19)20/h3-8H,1-2H3,(H,17,18). The van der Waals surface area contributed by atoms with Gasteiger partial charge in [0.25, 0.3) is 5.69 Å². The van der Waals surface area contributed by atoms with Gasteiger partial charge < -0.3 is 9.84 Å². The third kappa shape index (κ3) is 3.00. The van der Waals surface area contributed by atoms with Crippen molar-refractivity contribution in [3.8, 4) is 11.5 Å². The molecule has 6 nitrogen and oxygen atoms in total. The Morgan fingerprint density at radius 2 is 1.95 bits per heavy atom. The summed E-state index contributed by atoms with van der Waals surface area (Å²) in [4.78, 5) is 21.2. The van der Waals surface area contributed by atoms with Crippen LogP contribution in [-0.4, -0.2) is 16.0 Å². The fourth-order valence-corrected chi connectivity index (χ4v) is 1.87. The smallest absolute Gasteiger partial charge is 0.342 e. The largest absolute Gasteiger partial charge is 0.477 e. The Labute approximate surface area is 120 Å². The van der Waals surface area contributed by atoms with Crippen LogP contribution in [0.2, 0.25) is 0 Å². The van der Waals surface area contributed by atoms with Gasteiger partial charge in [0.05, 0.1) is 11.0 Å². The van der Waals surface area contributed by atoms with E-state index in [2.05, 4.69) is 0 Å². The summed E-state index contributed by atoms with van der Waals surface area (Å²) in [6, 6.07) is 9.18. The van der Waals surface area contributed by atoms with E-state index >= 15 is 0 Å². The lowest BCUT2D eigenvalue weighted by molar-refractivity contribution is -0.385. The van der Waals surface area contributed by atoms with Crippen molar-refractivity contribution in [2.45, 2.75) is 13.8 Å². The van der Waals surface area contributed by atoms with Gasteiger partial charge in [-0.25, -0.2) is 4.79 Å². The summed E-state index contributed by atoms with van der Waals surface area (Å²) in [7, 11) is 0. The molecule has 0 bridgehead atoms. The van der Waals surface area contributed by atoms with Crippen molar-refractivity contribution in [1.82, 2.24) is 0 Å². The summed E-state index contributed by atoms with van der Waals surface area (Å²) >= 11 is 0. The third-order valence-corrected chi connectivity index (χ3v) is 3.18. The molecular formula is C15H13NO5. The minimum absolute atomic E-state index is 0.223. The molecule has 0 saturated heterocycles. The summed E-state index contributed by atoms with van der Waals surface area (Å²) in [5, 5.41) is 19.9. The second kappa shape index (κ2) is 5.62. The molecule has 0 aliphatic carbocycles. The lowest BCUT2D eigenvalue weighted by Gasteiger charge is -2.10. The van der Waals surface area contributed by atoms with E-state index in [1.54, 1.807) is 6.07 Å². The number of benzene rings is 2. The lowest BCUT2D eigenvalue weighted by Crippen LogP contribution is -2.02. The number of nitro benzene ring substituents is 1. The summed E-state index contributed by atoms with van der Waals surface area (Å²) in [5.74, 6) is -0.548. The van der Waals surface area contributed by atoms with Crippen molar-refractivity contribution >= 4 is 11.7 Å². The van der Waals surface area contributed by atoms with Gasteiger partial charge in [-0.05, 0) is 43.2 Å². The number of ether oxygens (including phenoxy) is 1. The normalized spacial score (nSPS) is 10.2. The van der Waals surface area contributed by atoms with Crippen LogP contribution in [0.3, 0.4) is 0 Å². The molecule has 0 amide bonds. The lowest BCUT2D eigenvalue weighted by atomic mass is 10.1. The van der Waals surface area contributed by atoms with Gasteiger partial charge in [-0.15, -0.1) is 0 Å². The summed E-state index contributed by atoms with van der Waals surface area (Å²) in [5.41, 5.74) is 1.09. The first-order valence-electron chi connectivity index (χ1n) is 6.16. The van der Waals surface area contributed by atoms with Crippen LogP contribution in [0, 0.1) is 24.0 Å². The molecule has 1 N–H and O–H groups in total. The van der Waals surface area contributed by atoms with E-state index in [-0.39, 0.29) is 11.3 Å². The zero-order valence-corrected chi connectivity index (χ0v) is 11.5. The maximum Gasteiger partial charge on any atom is 0.342 e. The molecule has 0 heterocycles. The van der Waals surface area contributed by atoms with Crippen molar-refractivity contribution in [2.24, 2.45) is 0 Å². The fraction of sp³-hybridized carbons (Fsp3) is 0.133. The molecule has 6 heteroatoms. The third-order valence-electron chi connectivity index (χ3n) is 3.18. The summed E-state index contributed by atoms with van der Waals surface area (Å²) in [6.07, 6.45) is 0. The molecule has 0 aliphatic heterocycles. The molecule has 2 rings (SSSR count). The fourth-order valence-electron chi connectivity index (χ4n) is 1.87. The average molecular weight is 287 g/mol. The maximum absolute atomic E-state index is 10.9. The topological polar surface area (TPSA) is 89.7 Å². The zero-order chi connectivity index (χ0) is 15.6. The molecule has 108 valence electrons. The van der Waals surface area contributed by atoms with Crippen LogP contribution < -0.4 is 4.74 Å². The Balaban J connectivity index is 2.42. The Hall–Kier alpha value is -2.89. The van der Waals surface area contributed by atoms with Crippen molar-refractivity contribution in [2.75, 3.05) is 0 Å². The van der Waals surface area contributed by atoms with Crippen LogP contribution in [0.1, 0.15) is 21.5 Å². The first kappa shape index (κ1) is 14.5. The Morgan fingerprint density at radius 3 is 2.57 bits per heavy atom. The first-order valence-corrected chi connectivity index (χ1v) is 6.16. The Bertz CT molecular complexity index is 724. The van der Waals surface area contributed by atoms with Crippen molar-refractivity contribution in [3.63, 3.8) is 0 Å². The predicted molar refractivity (Wildman–Crippen MR) is 76.0 cm³/mol. The number of nitrogens with zero attached hydrogens (tertiary/aromatic N) is 1. The molecule has 2 aromatic rings. The summed E-state index contributed by atoms with van der Waals surface area (Å²) in [6.45, 7) is 3.81. The maximum atomic E-state index is 10.9. The second-order valence-electron chi connectivity index (χ2n) is 4.54. The van der Waals surface area contributed by atoms with Crippen LogP contribution in [0.15, 0.2) is 36.4 Å². The molecule has 2 aromatic carbocycles. The first-order chi connectivity index (χ1) is 9.90. The van der Waals surface area contributed by atoms with E-state index < -0.39 is 16.6 Å². The van der Waals surface area contributed by atoms with Crippen molar-refractivity contribution < 1.29 is 19.6 Å². The van der Waals surface area contributed by atoms with Gasteiger partial charge in [0.1, 0.15) is 17.1 Å². The molecule has 21 heavy (non-hydrogen) atoms. The Morgan fingerprint density at radius 1 is 1.24 bits per heavy atom. The monoisotopic (exact) mass is 287 g/mol. The molecule has 0 aromatic heterocycles. The molecule has 0 atom stereocenters. The van der Waals surface area contributed by atoms with E-state index in [0.29, 0.717) is 5.75 Å². The average Bonchev–Trinajstić information content (AvgIpc) is 2.43. The van der Waals surface area contributed by atoms with Gasteiger partial charge in [-0.2, -0.15) is 0 Å². The van der Waals surface area contributed by atoms with Crippen molar-refractivity contribution in [1.29, 1.82) is 0 Å². The van der Waals surface area contributed by atoms with Crippen LogP contribution >= 0.6 is 0 Å². The van der Waals surface area contributed by atoms with Gasteiger partial charge in [-0.3, -0.25) is 10.1 Å². The van der Waals surface area contributed by atoms with E-state index in [4.69, 9.17) is 9.84 Å². The SMILES string of the molecule is Cc1cccc(Oc2ccc(C(=O)O)c([N+](=O)[O-])c2)c1C. The predicted octanol–water partition coefficient (Wildman–Crippen LogP) is 3.70. The van der Waals surface area contributed by atoms with Crippen LogP contribution in [0.25, 0.3) is 0 Å². The van der Waals surface area contributed by atoms with E-state index in [0.717, 1.165) is 17.2 Å². The molecule has 0 unspecified atom stereocenters. The molecule has 0 aliphatic rings. The van der Waals surface area contributed by atoms with E-state index in [1.807, 2.05) is 26.0 Å². The number of nitro groups is 1. The van der Waals surface area contributed by atoms with E-state index in [1.165, 1.54) is 12.1 Å². The van der Waals surface area contributed by atoms with Gasteiger partial charge >= 0.3 is 5.97 Å². The molecular weight excluding hydrogens is 274 g/mol. The number of aromatic carboxylic acids is 1. The number of carbonyl (C=O) groups is 1. The van der Waals surface area contributed by atoms with Crippen LogP contribution in [0.5, 0.6) is 11.5 Å². The number of rotatable bonds is 4. The van der Waals surface area contributed by atoms with Gasteiger partial charge in [0.15, 0.2) is 0 Å². The Kier molecular flexibility index (Phi) is 3.89. The van der Waals surface area contributed by atoms with Crippen LogP contribution in [0.4, 0.5) is 5.69 Å². The zero-order valence-electron chi connectivity index (χ0n) is 11.5. The van der Waals surface area contributed by atoms with Gasteiger partial charge in [-0.1, -0.05) is 12.1 Å². The molecule has 0 radical (unpaired) electrons. The highest BCUT2D eigenvalue weighted by Crippen LogP contribution is 2.30. The quantitative estimate of drug-likeness (QED) is 0.684. The second-order valence-corrected chi connectivity index (χ2v) is 4.54. The number of carboxylic acid groups (broad SMARTS) is 1. The van der Waals surface area contributed by atoms with Gasteiger partial charge in [0, 0.05) is 0 Å². The number of hydrogen-bond donors (Lipinski definition) is 1. The van der Waals surface area contributed by atoms with Crippen LogP contribution in [-0.2, 0) is 0 Å². The number of aryl methyl sites for hydroxylation is 1. The highest BCUT2D eigenvalue weighted by Gasteiger charge is 2.20. The van der Waals surface area contributed by atoms with E-state index in [9.17, 15) is 14.9 Å². The minimum Gasteiger partial charge on any atom is -0.477 e. The van der Waals surface area contributed by atoms with Gasteiger partial charge in [0.2, 0.25) is 0 Å². The number of hydrogen-bond acceptors (Lipinski definition) is 4. The highest BCUT2D eigenvalue weighted by atomic mass is 16.6. The molecule has 0 saturated carbocycles. The summed E-state index contributed by atoms with van der Waals surface area (Å²) < 4.78 is 5.62. The minimum atomic E-state index is -1.35. The number of carboxylic acids is 1. The van der Waals surface area contributed by atoms with Crippen molar-refractivity contribution in [3.05, 3.63) is 63.2 Å². The molecule has 0 fully saturated rings. The molecule has 0 spiro atoms.